The number of nitrogens with one attached hydrogen (secondary N) is 1. The number of rotatable bonds is 3. The fourth-order valence-electron chi connectivity index (χ4n) is 1.67. The Hall–Kier alpha value is -0.600. The van der Waals surface area contributed by atoms with Crippen molar-refractivity contribution in [1.29, 1.82) is 0 Å². The van der Waals surface area contributed by atoms with Crippen LogP contribution in [-0.2, 0) is 0 Å². The zero-order valence-electron chi connectivity index (χ0n) is 8.72. The lowest BCUT2D eigenvalue weighted by atomic mass is 10.1. The van der Waals surface area contributed by atoms with Gasteiger partial charge in [-0.1, -0.05) is 37.1 Å². The molecule has 0 unspecified atom stereocenters. The van der Waals surface area contributed by atoms with Gasteiger partial charge in [0, 0.05) is 9.93 Å². The summed E-state index contributed by atoms with van der Waals surface area (Å²) in [4.78, 5) is 1.47. The van der Waals surface area contributed by atoms with E-state index < -0.39 is 0 Å². The molecule has 1 N–H and O–H groups in total. The van der Waals surface area contributed by atoms with Crippen molar-refractivity contribution >= 4 is 29.1 Å². The normalized spacial score (nSPS) is 15.6. The lowest BCUT2D eigenvalue weighted by Crippen LogP contribution is -2.05. The van der Waals surface area contributed by atoms with Crippen molar-refractivity contribution < 1.29 is 0 Å². The highest BCUT2D eigenvalue weighted by Gasteiger charge is 2.14. The molecule has 0 saturated carbocycles. The van der Waals surface area contributed by atoms with Crippen LogP contribution in [0.2, 0.25) is 5.02 Å². The van der Waals surface area contributed by atoms with E-state index >= 15 is 0 Å². The van der Waals surface area contributed by atoms with E-state index in [4.69, 9.17) is 11.6 Å². The molecule has 3 heteroatoms. The van der Waals surface area contributed by atoms with E-state index in [0.29, 0.717) is 0 Å². The molecule has 0 atom stereocenters. The summed E-state index contributed by atoms with van der Waals surface area (Å²) >= 11 is 7.78. The molecule has 0 aliphatic carbocycles. The number of benzene rings is 1. The molecule has 0 bridgehead atoms. The summed E-state index contributed by atoms with van der Waals surface area (Å²) in [6, 6.07) is 8.04. The minimum Gasteiger partial charge on any atom is -0.375 e. The maximum Gasteiger partial charge on any atom is 0.0655 e. The van der Waals surface area contributed by atoms with Crippen molar-refractivity contribution in [1.82, 2.24) is 5.32 Å². The van der Waals surface area contributed by atoms with Gasteiger partial charge in [-0.25, -0.2) is 0 Å². The molecule has 1 aliphatic heterocycles. The van der Waals surface area contributed by atoms with Gasteiger partial charge in [-0.3, -0.25) is 0 Å². The third-order valence-corrected chi connectivity index (χ3v) is 3.68. The summed E-state index contributed by atoms with van der Waals surface area (Å²) in [5.74, 6) is 0.993. The first-order valence-corrected chi connectivity index (χ1v) is 6.53. The lowest BCUT2D eigenvalue weighted by molar-refractivity contribution is 0.945. The van der Waals surface area contributed by atoms with Gasteiger partial charge >= 0.3 is 0 Å². The summed E-state index contributed by atoms with van der Waals surface area (Å²) < 4.78 is 0. The molecule has 0 amide bonds. The highest BCUT2D eigenvalue weighted by Crippen LogP contribution is 2.33. The van der Waals surface area contributed by atoms with E-state index in [-0.39, 0.29) is 0 Å². The smallest absolute Gasteiger partial charge is 0.0655 e. The highest BCUT2D eigenvalue weighted by atomic mass is 35.5. The fraction of sp³-hybridized carbons (Fsp3) is 0.333. The zero-order chi connectivity index (χ0) is 10.7. The summed E-state index contributed by atoms with van der Waals surface area (Å²) in [6.45, 7) is 2.21. The van der Waals surface area contributed by atoms with Crippen LogP contribution in [0.25, 0.3) is 5.70 Å². The van der Waals surface area contributed by atoms with Crippen LogP contribution in [-0.4, -0.2) is 5.88 Å². The molecular formula is C12H14ClNS. The number of hydrogen-bond donors (Lipinski definition) is 1. The SMILES string of the molecule is CCCC1=C(c2ccc(Cl)cc2)NCS1. The second-order valence-corrected chi connectivity index (χ2v) is 5.03. The molecule has 15 heavy (non-hydrogen) atoms. The minimum atomic E-state index is 0.794. The standard InChI is InChI=1S/C12H14ClNS/c1-2-3-11-12(14-8-15-11)9-4-6-10(13)7-5-9/h4-7,14H,2-3,8H2,1H3. The fourth-order valence-corrected chi connectivity index (χ4v) is 2.87. The van der Waals surface area contributed by atoms with Gasteiger partial charge in [0.05, 0.1) is 11.6 Å². The Balaban J connectivity index is 2.28. The molecule has 0 fully saturated rings. The lowest BCUT2D eigenvalue weighted by Gasteiger charge is -2.06. The quantitative estimate of drug-likeness (QED) is 0.852. The van der Waals surface area contributed by atoms with Crippen molar-refractivity contribution in [3.63, 3.8) is 0 Å². The molecule has 0 radical (unpaired) electrons. The number of allylic oxidation sites excluding steroid dienone is 1. The van der Waals surface area contributed by atoms with Gasteiger partial charge in [-0.05, 0) is 24.1 Å². The molecule has 0 saturated heterocycles. The molecule has 2 rings (SSSR count). The van der Waals surface area contributed by atoms with Gasteiger partial charge in [0.2, 0.25) is 0 Å². The third-order valence-electron chi connectivity index (χ3n) is 2.38. The molecular weight excluding hydrogens is 226 g/mol. The van der Waals surface area contributed by atoms with Gasteiger partial charge in [0.15, 0.2) is 0 Å². The second kappa shape index (κ2) is 4.95. The molecule has 1 heterocycles. The van der Waals surface area contributed by atoms with Gasteiger partial charge < -0.3 is 5.32 Å². The highest BCUT2D eigenvalue weighted by molar-refractivity contribution is 8.03. The van der Waals surface area contributed by atoms with Crippen molar-refractivity contribution in [3.05, 3.63) is 39.8 Å². The summed E-state index contributed by atoms with van der Waals surface area (Å²) in [5, 5.41) is 4.22. The Morgan fingerprint density at radius 1 is 1.33 bits per heavy atom. The van der Waals surface area contributed by atoms with Crippen molar-refractivity contribution in [2.75, 3.05) is 5.88 Å². The average molecular weight is 240 g/mol. The van der Waals surface area contributed by atoms with Crippen LogP contribution in [0.5, 0.6) is 0 Å². The van der Waals surface area contributed by atoms with Gasteiger partial charge in [0.25, 0.3) is 0 Å². The summed E-state index contributed by atoms with van der Waals surface area (Å²) in [6.07, 6.45) is 2.36. The Morgan fingerprint density at radius 2 is 2.07 bits per heavy atom. The van der Waals surface area contributed by atoms with E-state index in [1.54, 1.807) is 0 Å². The molecule has 1 aromatic carbocycles. The van der Waals surface area contributed by atoms with E-state index in [0.717, 1.165) is 17.3 Å². The van der Waals surface area contributed by atoms with Crippen LogP contribution in [0, 0.1) is 0 Å². The van der Waals surface area contributed by atoms with Gasteiger partial charge in [-0.2, -0.15) is 0 Å². The molecule has 1 nitrogen and oxygen atoms in total. The van der Waals surface area contributed by atoms with Crippen LogP contribution in [0.1, 0.15) is 25.3 Å². The van der Waals surface area contributed by atoms with Gasteiger partial charge in [0.1, 0.15) is 0 Å². The molecule has 80 valence electrons. The minimum absolute atomic E-state index is 0.794. The van der Waals surface area contributed by atoms with E-state index in [1.807, 2.05) is 23.9 Å². The monoisotopic (exact) mass is 239 g/mol. The molecule has 0 spiro atoms. The van der Waals surface area contributed by atoms with Crippen LogP contribution < -0.4 is 5.32 Å². The second-order valence-electron chi connectivity index (χ2n) is 3.52. The Morgan fingerprint density at radius 3 is 2.73 bits per heavy atom. The molecule has 1 aliphatic rings. The van der Waals surface area contributed by atoms with E-state index in [2.05, 4.69) is 24.4 Å². The average Bonchev–Trinajstić information content (AvgIpc) is 2.68. The van der Waals surface area contributed by atoms with E-state index in [9.17, 15) is 0 Å². The number of hydrogen-bond acceptors (Lipinski definition) is 2. The molecule has 1 aromatic rings. The van der Waals surface area contributed by atoms with Crippen LogP contribution >= 0.6 is 23.4 Å². The van der Waals surface area contributed by atoms with E-state index in [1.165, 1.54) is 22.6 Å². The number of halogens is 1. The van der Waals surface area contributed by atoms with Crippen molar-refractivity contribution in [3.8, 4) is 0 Å². The van der Waals surface area contributed by atoms with Gasteiger partial charge in [-0.15, -0.1) is 11.8 Å². The zero-order valence-corrected chi connectivity index (χ0v) is 10.3. The predicted molar refractivity (Wildman–Crippen MR) is 68.9 cm³/mol. The first-order chi connectivity index (χ1) is 7.31. The van der Waals surface area contributed by atoms with Crippen molar-refractivity contribution in [2.24, 2.45) is 0 Å². The third kappa shape index (κ3) is 2.50. The maximum atomic E-state index is 5.87. The predicted octanol–water partition coefficient (Wildman–Crippen LogP) is 4.10. The van der Waals surface area contributed by atoms with Crippen LogP contribution in [0.15, 0.2) is 29.2 Å². The van der Waals surface area contributed by atoms with Crippen molar-refractivity contribution in [2.45, 2.75) is 19.8 Å². The maximum absolute atomic E-state index is 5.87. The van der Waals surface area contributed by atoms with Crippen LogP contribution in [0.4, 0.5) is 0 Å². The largest absolute Gasteiger partial charge is 0.375 e. The first kappa shape index (κ1) is 10.9. The Kier molecular flexibility index (Phi) is 3.60. The first-order valence-electron chi connectivity index (χ1n) is 5.17. The summed E-state index contributed by atoms with van der Waals surface area (Å²) in [7, 11) is 0. The molecule has 0 aromatic heterocycles. The Bertz CT molecular complexity index is 370. The number of thioether (sulfide) groups is 1. The summed E-state index contributed by atoms with van der Waals surface area (Å²) in [5.41, 5.74) is 2.53. The topological polar surface area (TPSA) is 12.0 Å². The van der Waals surface area contributed by atoms with Crippen LogP contribution in [0.3, 0.4) is 0 Å². The Labute approximate surface area is 99.9 Å².